The topological polar surface area (TPSA) is 45.2 Å². The van der Waals surface area contributed by atoms with Gasteiger partial charge in [-0.2, -0.15) is 0 Å². The Morgan fingerprint density at radius 3 is 2.60 bits per heavy atom. The van der Waals surface area contributed by atoms with Gasteiger partial charge in [-0.3, -0.25) is 4.79 Å². The molecular weight excluding hydrogens is 334 g/mol. The average Bonchev–Trinajstić information content (AvgIpc) is 2.91. The Bertz CT molecular complexity index is 694. The number of halogens is 1. The maximum Gasteiger partial charge on any atom is 0.269 e. The lowest BCUT2D eigenvalue weighted by Gasteiger charge is -2.22. The number of nitrogens with zero attached hydrogens (tertiary/aromatic N) is 2. The average molecular weight is 358 g/mol. The van der Waals surface area contributed by atoms with Crippen molar-refractivity contribution >= 4 is 23.2 Å². The van der Waals surface area contributed by atoms with Crippen molar-refractivity contribution in [2.45, 2.75) is 32.1 Å². The third-order valence-electron chi connectivity index (χ3n) is 4.54. The maximum absolute atomic E-state index is 12.2. The van der Waals surface area contributed by atoms with Gasteiger partial charge in [0.25, 0.3) is 5.91 Å². The molecule has 4 nitrogen and oxygen atoms in total. The van der Waals surface area contributed by atoms with E-state index in [2.05, 4.69) is 15.2 Å². The molecule has 132 valence electrons. The van der Waals surface area contributed by atoms with Gasteiger partial charge in [-0.15, -0.1) is 0 Å². The number of amides is 1. The lowest BCUT2D eigenvalue weighted by atomic mass is 10.1. The van der Waals surface area contributed by atoms with Gasteiger partial charge in [-0.05, 0) is 49.1 Å². The molecule has 1 fully saturated rings. The lowest BCUT2D eigenvalue weighted by molar-refractivity contribution is 0.0949. The summed E-state index contributed by atoms with van der Waals surface area (Å²) in [6.45, 7) is 2.72. The van der Waals surface area contributed by atoms with Gasteiger partial charge in [-0.25, -0.2) is 4.98 Å². The zero-order valence-electron chi connectivity index (χ0n) is 14.4. The molecule has 1 aliphatic rings. The highest BCUT2D eigenvalue weighted by molar-refractivity contribution is 6.30. The highest BCUT2D eigenvalue weighted by Crippen LogP contribution is 2.18. The molecule has 1 aromatic carbocycles. The second-order valence-electron chi connectivity index (χ2n) is 6.44. The molecule has 3 rings (SSSR count). The van der Waals surface area contributed by atoms with E-state index < -0.39 is 0 Å². The molecule has 5 heteroatoms. The number of aromatic nitrogens is 1. The fourth-order valence-electron chi connectivity index (χ4n) is 3.14. The number of hydrogen-bond donors (Lipinski definition) is 1. The second kappa shape index (κ2) is 8.86. The van der Waals surface area contributed by atoms with E-state index in [9.17, 15) is 4.79 Å². The van der Waals surface area contributed by atoms with Crippen LogP contribution in [0.5, 0.6) is 0 Å². The van der Waals surface area contributed by atoms with Crippen molar-refractivity contribution in [3.8, 4) is 0 Å². The summed E-state index contributed by atoms with van der Waals surface area (Å²) in [6, 6.07) is 11.5. The van der Waals surface area contributed by atoms with Crippen LogP contribution in [0.4, 0.5) is 5.69 Å². The summed E-state index contributed by atoms with van der Waals surface area (Å²) in [5, 5.41) is 3.63. The van der Waals surface area contributed by atoms with Crippen molar-refractivity contribution in [2.24, 2.45) is 0 Å². The molecule has 0 saturated carbocycles. The normalized spacial score (nSPS) is 14.8. The summed E-state index contributed by atoms with van der Waals surface area (Å²) in [7, 11) is 0. The van der Waals surface area contributed by atoms with E-state index in [0.29, 0.717) is 12.2 Å². The number of nitrogens with one attached hydrogen (secondary N) is 1. The first-order valence-corrected chi connectivity index (χ1v) is 9.34. The van der Waals surface area contributed by atoms with E-state index >= 15 is 0 Å². The van der Waals surface area contributed by atoms with Gasteiger partial charge in [-0.1, -0.05) is 36.6 Å². The van der Waals surface area contributed by atoms with Crippen LogP contribution in [0.25, 0.3) is 0 Å². The van der Waals surface area contributed by atoms with Gasteiger partial charge >= 0.3 is 0 Å². The quantitative estimate of drug-likeness (QED) is 0.876. The minimum absolute atomic E-state index is 0.135. The molecular formula is C20H24ClN3O. The number of hydrogen-bond acceptors (Lipinski definition) is 3. The van der Waals surface area contributed by atoms with E-state index in [4.69, 9.17) is 11.6 Å². The number of rotatable bonds is 5. The van der Waals surface area contributed by atoms with Crippen molar-refractivity contribution in [3.63, 3.8) is 0 Å². The van der Waals surface area contributed by atoms with Crippen molar-refractivity contribution in [1.82, 2.24) is 10.3 Å². The first-order chi connectivity index (χ1) is 12.2. The predicted molar refractivity (Wildman–Crippen MR) is 102 cm³/mol. The zero-order chi connectivity index (χ0) is 17.5. The van der Waals surface area contributed by atoms with Gasteiger partial charge in [0.2, 0.25) is 0 Å². The summed E-state index contributed by atoms with van der Waals surface area (Å²) in [4.78, 5) is 18.9. The van der Waals surface area contributed by atoms with E-state index in [1.807, 2.05) is 42.6 Å². The van der Waals surface area contributed by atoms with Crippen molar-refractivity contribution < 1.29 is 4.79 Å². The Labute approximate surface area is 154 Å². The van der Waals surface area contributed by atoms with Gasteiger partial charge in [0.1, 0.15) is 5.69 Å². The smallest absolute Gasteiger partial charge is 0.269 e. The van der Waals surface area contributed by atoms with Gasteiger partial charge in [0.05, 0.1) is 11.9 Å². The number of anilines is 1. The molecule has 0 bridgehead atoms. The Kier molecular flexibility index (Phi) is 6.29. The van der Waals surface area contributed by atoms with E-state index in [0.717, 1.165) is 35.8 Å². The SMILES string of the molecule is O=C(NCCc1cccc(Cl)c1)c1ccc(N2CCCCCC2)cn1. The largest absolute Gasteiger partial charge is 0.370 e. The van der Waals surface area contributed by atoms with Crippen molar-refractivity contribution in [1.29, 1.82) is 0 Å². The molecule has 0 radical (unpaired) electrons. The number of pyridine rings is 1. The van der Waals surface area contributed by atoms with Crippen LogP contribution in [0.3, 0.4) is 0 Å². The molecule has 0 spiro atoms. The molecule has 1 amide bonds. The molecule has 2 heterocycles. The van der Waals surface area contributed by atoms with E-state index in [-0.39, 0.29) is 5.91 Å². The van der Waals surface area contributed by atoms with Crippen LogP contribution in [0.15, 0.2) is 42.6 Å². The van der Waals surface area contributed by atoms with Gasteiger partial charge in [0.15, 0.2) is 0 Å². The van der Waals surface area contributed by atoms with Crippen LogP contribution in [0.1, 0.15) is 41.7 Å². The van der Waals surface area contributed by atoms with Gasteiger partial charge < -0.3 is 10.2 Å². The van der Waals surface area contributed by atoms with Crippen LogP contribution in [0, 0.1) is 0 Å². The summed E-state index contributed by atoms with van der Waals surface area (Å²) in [6.07, 6.45) is 7.63. The first-order valence-electron chi connectivity index (χ1n) is 8.96. The molecule has 2 aromatic rings. The molecule has 1 N–H and O–H groups in total. The monoisotopic (exact) mass is 357 g/mol. The van der Waals surface area contributed by atoms with Crippen LogP contribution in [-0.2, 0) is 6.42 Å². The Balaban J connectivity index is 1.51. The Hall–Kier alpha value is -2.07. The molecule has 1 aromatic heterocycles. The molecule has 0 unspecified atom stereocenters. The molecule has 0 atom stereocenters. The fourth-order valence-corrected chi connectivity index (χ4v) is 3.35. The molecule has 1 saturated heterocycles. The predicted octanol–water partition coefficient (Wildman–Crippen LogP) is 4.09. The van der Waals surface area contributed by atoms with Crippen LogP contribution in [0.2, 0.25) is 5.02 Å². The Morgan fingerprint density at radius 2 is 1.92 bits per heavy atom. The summed E-state index contributed by atoms with van der Waals surface area (Å²) in [5.74, 6) is -0.135. The second-order valence-corrected chi connectivity index (χ2v) is 6.88. The van der Waals surface area contributed by atoms with Crippen LogP contribution in [-0.4, -0.2) is 30.5 Å². The minimum atomic E-state index is -0.135. The van der Waals surface area contributed by atoms with Crippen molar-refractivity contribution in [3.05, 3.63) is 58.9 Å². The van der Waals surface area contributed by atoms with E-state index in [1.54, 1.807) is 0 Å². The summed E-state index contributed by atoms with van der Waals surface area (Å²) >= 11 is 5.97. The maximum atomic E-state index is 12.2. The van der Waals surface area contributed by atoms with Crippen molar-refractivity contribution in [2.75, 3.05) is 24.5 Å². The third-order valence-corrected chi connectivity index (χ3v) is 4.78. The van der Waals surface area contributed by atoms with Crippen LogP contribution >= 0.6 is 11.6 Å². The first kappa shape index (κ1) is 17.7. The zero-order valence-corrected chi connectivity index (χ0v) is 15.1. The molecule has 25 heavy (non-hydrogen) atoms. The third kappa shape index (κ3) is 5.20. The van der Waals surface area contributed by atoms with E-state index in [1.165, 1.54) is 25.7 Å². The minimum Gasteiger partial charge on any atom is -0.370 e. The Morgan fingerprint density at radius 1 is 1.12 bits per heavy atom. The lowest BCUT2D eigenvalue weighted by Crippen LogP contribution is -2.27. The highest BCUT2D eigenvalue weighted by Gasteiger charge is 2.12. The summed E-state index contributed by atoms with van der Waals surface area (Å²) in [5.41, 5.74) is 2.68. The number of carbonyl (C=O) groups excluding carboxylic acids is 1. The number of carbonyl (C=O) groups is 1. The summed E-state index contributed by atoms with van der Waals surface area (Å²) < 4.78 is 0. The molecule has 0 aliphatic carbocycles. The molecule has 1 aliphatic heterocycles. The van der Waals surface area contributed by atoms with Gasteiger partial charge in [0, 0.05) is 24.7 Å². The highest BCUT2D eigenvalue weighted by atomic mass is 35.5. The van der Waals surface area contributed by atoms with Crippen LogP contribution < -0.4 is 10.2 Å². The standard InChI is InChI=1S/C20H24ClN3O/c21-17-7-5-6-16(14-17)10-11-22-20(25)19-9-8-18(15-23-19)24-12-3-1-2-4-13-24/h5-9,14-15H,1-4,10-13H2,(H,22,25). The number of benzene rings is 1. The fraction of sp³-hybridized carbons (Fsp3) is 0.400.